The van der Waals surface area contributed by atoms with Crippen LogP contribution >= 0.6 is 27.7 Å². The second kappa shape index (κ2) is 8.12. The molecular formula is C18H18BrNO4S. The van der Waals surface area contributed by atoms with E-state index < -0.39 is 12.0 Å². The summed E-state index contributed by atoms with van der Waals surface area (Å²) >= 11 is 4.99. The Morgan fingerprint density at radius 1 is 1.32 bits per heavy atom. The van der Waals surface area contributed by atoms with Gasteiger partial charge in [0.05, 0.1) is 12.5 Å². The maximum absolute atomic E-state index is 11.1. The van der Waals surface area contributed by atoms with Gasteiger partial charge in [-0.1, -0.05) is 22.0 Å². The van der Waals surface area contributed by atoms with E-state index in [1.165, 1.54) is 0 Å². The van der Waals surface area contributed by atoms with Gasteiger partial charge in [0.1, 0.15) is 24.1 Å². The topological polar surface area (TPSA) is 67.8 Å². The highest BCUT2D eigenvalue weighted by atomic mass is 79.9. The van der Waals surface area contributed by atoms with Gasteiger partial charge in [-0.25, -0.2) is 0 Å². The summed E-state index contributed by atoms with van der Waals surface area (Å²) in [6.07, 6.45) is 0. The van der Waals surface area contributed by atoms with Crippen molar-refractivity contribution in [2.75, 3.05) is 12.9 Å². The van der Waals surface area contributed by atoms with Gasteiger partial charge >= 0.3 is 5.97 Å². The zero-order chi connectivity index (χ0) is 17.8. The molecule has 1 heterocycles. The fourth-order valence-corrected chi connectivity index (χ4v) is 4.06. The molecule has 2 N–H and O–H groups in total. The Bertz CT molecular complexity index is 753. The van der Waals surface area contributed by atoms with E-state index in [0.717, 1.165) is 27.1 Å². The van der Waals surface area contributed by atoms with Crippen molar-refractivity contribution in [3.8, 4) is 11.5 Å². The van der Waals surface area contributed by atoms with E-state index >= 15 is 0 Å². The summed E-state index contributed by atoms with van der Waals surface area (Å²) in [6, 6.07) is 13.0. The lowest BCUT2D eigenvalue weighted by Crippen LogP contribution is -2.33. The number of nitrogens with one attached hydrogen (secondary N) is 1. The molecule has 1 aliphatic rings. The predicted octanol–water partition coefficient (Wildman–Crippen LogP) is 3.82. The van der Waals surface area contributed by atoms with Crippen LogP contribution in [0.2, 0.25) is 0 Å². The lowest BCUT2D eigenvalue weighted by atomic mass is 10.1. The van der Waals surface area contributed by atoms with Crippen molar-refractivity contribution >= 4 is 33.7 Å². The molecule has 0 radical (unpaired) electrons. The molecule has 0 amide bonds. The first-order valence-electron chi connectivity index (χ1n) is 7.72. The number of carbonyl (C=O) groups is 1. The molecule has 1 aliphatic heterocycles. The zero-order valence-electron chi connectivity index (χ0n) is 13.6. The van der Waals surface area contributed by atoms with Gasteiger partial charge in [0, 0.05) is 15.8 Å². The number of carboxylic acids is 1. The van der Waals surface area contributed by atoms with Gasteiger partial charge in [-0.15, -0.1) is 11.8 Å². The molecule has 5 nitrogen and oxygen atoms in total. The van der Waals surface area contributed by atoms with Crippen LogP contribution in [-0.4, -0.2) is 30.0 Å². The highest BCUT2D eigenvalue weighted by Gasteiger charge is 2.30. The summed E-state index contributed by atoms with van der Waals surface area (Å²) in [5.74, 6) is 1.26. The number of aliphatic carboxylic acids is 1. The minimum absolute atomic E-state index is 0.0431. The second-order valence-electron chi connectivity index (χ2n) is 5.58. The molecule has 1 fully saturated rings. The van der Waals surface area contributed by atoms with Gasteiger partial charge in [-0.2, -0.15) is 0 Å². The van der Waals surface area contributed by atoms with Crippen LogP contribution in [0.25, 0.3) is 0 Å². The van der Waals surface area contributed by atoms with Crippen molar-refractivity contribution in [1.29, 1.82) is 0 Å². The van der Waals surface area contributed by atoms with Crippen LogP contribution in [0.15, 0.2) is 46.9 Å². The molecule has 0 unspecified atom stereocenters. The lowest BCUT2D eigenvalue weighted by molar-refractivity contribution is -0.138. The maximum atomic E-state index is 11.1. The van der Waals surface area contributed by atoms with E-state index in [4.69, 9.17) is 14.6 Å². The Morgan fingerprint density at radius 3 is 2.72 bits per heavy atom. The standard InChI is InChI=1S/C18H18BrNO4S/c1-23-16-7-2-11(17-20-15(10-25-17)18(21)22)8-12(16)9-24-14-5-3-13(19)4-6-14/h2-8,15,17,20H,9-10H2,1H3,(H,21,22)/t15-,17+/m1/s1. The summed E-state index contributed by atoms with van der Waals surface area (Å²) in [5.41, 5.74) is 1.94. The first-order valence-corrected chi connectivity index (χ1v) is 9.56. The number of hydrogen-bond acceptors (Lipinski definition) is 5. The quantitative estimate of drug-likeness (QED) is 0.735. The SMILES string of the molecule is COc1ccc([C@H]2N[C@@H](C(=O)O)CS2)cc1COc1ccc(Br)cc1. The van der Waals surface area contributed by atoms with Crippen molar-refractivity contribution < 1.29 is 19.4 Å². The molecule has 0 aliphatic carbocycles. The molecule has 0 aromatic heterocycles. The number of methoxy groups -OCH3 is 1. The highest BCUT2D eigenvalue weighted by Crippen LogP contribution is 2.35. The minimum Gasteiger partial charge on any atom is -0.496 e. The predicted molar refractivity (Wildman–Crippen MR) is 101 cm³/mol. The molecule has 0 spiro atoms. The molecule has 25 heavy (non-hydrogen) atoms. The van der Waals surface area contributed by atoms with E-state index in [0.29, 0.717) is 12.4 Å². The normalized spacial score (nSPS) is 19.6. The molecular weight excluding hydrogens is 406 g/mol. The average Bonchev–Trinajstić information content (AvgIpc) is 3.11. The van der Waals surface area contributed by atoms with Gasteiger partial charge < -0.3 is 14.6 Å². The Kier molecular flexibility index (Phi) is 5.88. The van der Waals surface area contributed by atoms with Gasteiger partial charge in [0.15, 0.2) is 0 Å². The molecule has 2 aromatic rings. The molecule has 0 saturated carbocycles. The monoisotopic (exact) mass is 423 g/mol. The van der Waals surface area contributed by atoms with Crippen molar-refractivity contribution in [2.45, 2.75) is 18.0 Å². The third-order valence-electron chi connectivity index (χ3n) is 3.90. The Hall–Kier alpha value is -1.70. The minimum atomic E-state index is -0.817. The fourth-order valence-electron chi connectivity index (χ4n) is 2.57. The van der Waals surface area contributed by atoms with Crippen LogP contribution in [0.4, 0.5) is 0 Å². The van der Waals surface area contributed by atoms with E-state index in [9.17, 15) is 4.79 Å². The third-order valence-corrected chi connectivity index (χ3v) is 5.69. The van der Waals surface area contributed by atoms with Gasteiger partial charge in [-0.3, -0.25) is 10.1 Å². The summed E-state index contributed by atoms with van der Waals surface area (Å²) in [4.78, 5) is 11.1. The van der Waals surface area contributed by atoms with Crippen LogP contribution < -0.4 is 14.8 Å². The molecule has 3 rings (SSSR count). The van der Waals surface area contributed by atoms with Gasteiger partial charge in [0.25, 0.3) is 0 Å². The third kappa shape index (κ3) is 4.48. The highest BCUT2D eigenvalue weighted by molar-refractivity contribution is 9.10. The summed E-state index contributed by atoms with van der Waals surface area (Å²) in [5, 5.41) is 12.2. The Morgan fingerprint density at radius 2 is 2.08 bits per heavy atom. The zero-order valence-corrected chi connectivity index (χ0v) is 16.0. The molecule has 132 valence electrons. The smallest absolute Gasteiger partial charge is 0.321 e. The number of ether oxygens (including phenoxy) is 2. The second-order valence-corrected chi connectivity index (χ2v) is 7.64. The first kappa shape index (κ1) is 18.1. The van der Waals surface area contributed by atoms with Crippen molar-refractivity contribution in [1.82, 2.24) is 5.32 Å². The maximum Gasteiger partial charge on any atom is 0.321 e. The van der Waals surface area contributed by atoms with Crippen LogP contribution in [-0.2, 0) is 11.4 Å². The first-order chi connectivity index (χ1) is 12.1. The lowest BCUT2D eigenvalue weighted by Gasteiger charge is -2.16. The molecule has 2 aromatic carbocycles. The van der Waals surface area contributed by atoms with Crippen LogP contribution in [0, 0.1) is 0 Å². The van der Waals surface area contributed by atoms with Gasteiger partial charge in [-0.05, 0) is 42.0 Å². The Balaban J connectivity index is 1.74. The molecule has 1 saturated heterocycles. The van der Waals surface area contributed by atoms with E-state index in [1.807, 2.05) is 42.5 Å². The van der Waals surface area contributed by atoms with Crippen molar-refractivity contribution in [3.63, 3.8) is 0 Å². The van der Waals surface area contributed by atoms with Crippen LogP contribution in [0.3, 0.4) is 0 Å². The number of carboxylic acid groups (broad SMARTS) is 1. The summed E-state index contributed by atoms with van der Waals surface area (Å²) in [7, 11) is 1.63. The fraction of sp³-hybridized carbons (Fsp3) is 0.278. The molecule has 7 heteroatoms. The number of rotatable bonds is 6. The molecule has 0 bridgehead atoms. The van der Waals surface area contributed by atoms with Crippen molar-refractivity contribution in [2.24, 2.45) is 0 Å². The van der Waals surface area contributed by atoms with E-state index in [1.54, 1.807) is 18.9 Å². The van der Waals surface area contributed by atoms with Gasteiger partial charge in [0.2, 0.25) is 0 Å². The average molecular weight is 424 g/mol. The van der Waals surface area contributed by atoms with Crippen LogP contribution in [0.5, 0.6) is 11.5 Å². The van der Waals surface area contributed by atoms with E-state index in [-0.39, 0.29) is 5.37 Å². The number of hydrogen-bond donors (Lipinski definition) is 2. The summed E-state index contributed by atoms with van der Waals surface area (Å²) in [6.45, 7) is 0.373. The Labute approximate surface area is 158 Å². The van der Waals surface area contributed by atoms with Crippen LogP contribution in [0.1, 0.15) is 16.5 Å². The number of thioether (sulfide) groups is 1. The summed E-state index contributed by atoms with van der Waals surface area (Å²) < 4.78 is 12.3. The number of halogens is 1. The van der Waals surface area contributed by atoms with Crippen molar-refractivity contribution in [3.05, 3.63) is 58.1 Å². The van der Waals surface area contributed by atoms with E-state index in [2.05, 4.69) is 21.2 Å². The largest absolute Gasteiger partial charge is 0.496 e. The number of benzene rings is 2. The molecule has 2 atom stereocenters.